The standard InChI is InChI=1S/C14H24N2O5.C2HF3O2/c1-2-3-5-9(13(18)19)8-11(14(20)21)16-12(17)10-6-4-7-15-10;3-2(4,5)1(6)7/h9-11,15H,2-8H2,1H3,(H,16,17)(H,18,19)(H,20,21);(H,6,7)/t9?,10-,11-;/m0./s1. The Balaban J connectivity index is 0.000000887. The molecule has 162 valence electrons. The van der Waals surface area contributed by atoms with Crippen LogP contribution in [0.1, 0.15) is 45.4 Å². The molecule has 1 aliphatic heterocycles. The van der Waals surface area contributed by atoms with Crippen molar-refractivity contribution in [1.29, 1.82) is 0 Å². The van der Waals surface area contributed by atoms with Crippen LogP contribution in [0, 0.1) is 5.92 Å². The summed E-state index contributed by atoms with van der Waals surface area (Å²) in [4.78, 5) is 43.3. The first-order valence-corrected chi connectivity index (χ1v) is 8.69. The highest BCUT2D eigenvalue weighted by Crippen LogP contribution is 2.16. The monoisotopic (exact) mass is 414 g/mol. The maximum Gasteiger partial charge on any atom is 0.490 e. The molecule has 12 heteroatoms. The number of rotatable bonds is 9. The summed E-state index contributed by atoms with van der Waals surface area (Å²) in [7, 11) is 0. The zero-order valence-electron chi connectivity index (χ0n) is 15.3. The fourth-order valence-corrected chi connectivity index (χ4v) is 2.48. The highest BCUT2D eigenvalue weighted by Gasteiger charge is 2.38. The molecule has 1 unspecified atom stereocenters. The molecule has 0 radical (unpaired) electrons. The lowest BCUT2D eigenvalue weighted by Gasteiger charge is -2.20. The van der Waals surface area contributed by atoms with Gasteiger partial charge in [-0.25, -0.2) is 9.59 Å². The van der Waals surface area contributed by atoms with Gasteiger partial charge in [0.05, 0.1) is 12.0 Å². The van der Waals surface area contributed by atoms with Crippen LogP contribution >= 0.6 is 0 Å². The topological polar surface area (TPSA) is 153 Å². The lowest BCUT2D eigenvalue weighted by Crippen LogP contribution is -2.49. The average molecular weight is 414 g/mol. The first-order chi connectivity index (χ1) is 12.9. The van der Waals surface area contributed by atoms with Gasteiger partial charge in [0.2, 0.25) is 5.91 Å². The molecule has 0 bridgehead atoms. The van der Waals surface area contributed by atoms with Crippen molar-refractivity contribution >= 4 is 23.8 Å². The summed E-state index contributed by atoms with van der Waals surface area (Å²) in [6, 6.07) is -1.52. The van der Waals surface area contributed by atoms with Crippen molar-refractivity contribution in [2.24, 2.45) is 5.92 Å². The van der Waals surface area contributed by atoms with Crippen LogP contribution in [-0.2, 0) is 19.2 Å². The molecule has 0 aliphatic carbocycles. The summed E-state index contributed by atoms with van der Waals surface area (Å²) < 4.78 is 31.7. The van der Waals surface area contributed by atoms with Crippen molar-refractivity contribution in [3.05, 3.63) is 0 Å². The summed E-state index contributed by atoms with van der Waals surface area (Å²) in [5.74, 6) is -6.07. The van der Waals surface area contributed by atoms with Gasteiger partial charge in [-0.3, -0.25) is 9.59 Å². The van der Waals surface area contributed by atoms with E-state index in [9.17, 15) is 32.7 Å². The van der Waals surface area contributed by atoms with Crippen LogP contribution in [0.5, 0.6) is 0 Å². The van der Waals surface area contributed by atoms with E-state index in [0.717, 1.165) is 25.8 Å². The largest absolute Gasteiger partial charge is 0.490 e. The quantitative estimate of drug-likeness (QED) is 0.377. The number of carbonyl (C=O) groups is 4. The SMILES string of the molecule is CCCCC(C[C@H](NC(=O)[C@@H]1CCCN1)C(=O)O)C(=O)O.O=C(O)C(F)(F)F. The number of nitrogens with one attached hydrogen (secondary N) is 2. The minimum atomic E-state index is -5.08. The highest BCUT2D eigenvalue weighted by atomic mass is 19.4. The van der Waals surface area contributed by atoms with E-state index < -0.39 is 36.0 Å². The number of alkyl halides is 3. The van der Waals surface area contributed by atoms with Crippen molar-refractivity contribution in [3.63, 3.8) is 0 Å². The Labute approximate surface area is 159 Å². The third-order valence-corrected chi connectivity index (χ3v) is 4.01. The first kappa shape index (κ1) is 25.6. The third-order valence-electron chi connectivity index (χ3n) is 4.01. The molecule has 0 aromatic carbocycles. The van der Waals surface area contributed by atoms with Crippen LogP contribution in [0.3, 0.4) is 0 Å². The zero-order valence-corrected chi connectivity index (χ0v) is 15.3. The maximum absolute atomic E-state index is 11.9. The summed E-state index contributed by atoms with van der Waals surface area (Å²) in [6.45, 7) is 2.69. The molecule has 1 aliphatic rings. The molecular formula is C16H25F3N2O7. The van der Waals surface area contributed by atoms with E-state index in [4.69, 9.17) is 15.0 Å². The number of carboxylic acid groups (broad SMARTS) is 3. The molecule has 0 spiro atoms. The molecule has 1 heterocycles. The third kappa shape index (κ3) is 10.1. The Morgan fingerprint density at radius 2 is 1.71 bits per heavy atom. The first-order valence-electron chi connectivity index (χ1n) is 8.69. The van der Waals surface area contributed by atoms with Gasteiger partial charge in [-0.1, -0.05) is 19.8 Å². The van der Waals surface area contributed by atoms with Crippen molar-refractivity contribution in [2.45, 2.75) is 63.7 Å². The number of halogens is 3. The molecule has 3 atom stereocenters. The van der Waals surface area contributed by atoms with Gasteiger partial charge in [-0.15, -0.1) is 0 Å². The Bertz CT molecular complexity index is 549. The van der Waals surface area contributed by atoms with Gasteiger partial charge in [0, 0.05) is 0 Å². The molecule has 0 saturated carbocycles. The van der Waals surface area contributed by atoms with Crippen LogP contribution in [0.2, 0.25) is 0 Å². The lowest BCUT2D eigenvalue weighted by atomic mass is 9.94. The smallest absolute Gasteiger partial charge is 0.481 e. The second-order valence-corrected chi connectivity index (χ2v) is 6.26. The molecule has 9 nitrogen and oxygen atoms in total. The van der Waals surface area contributed by atoms with Crippen molar-refractivity contribution in [1.82, 2.24) is 10.6 Å². The Kier molecular flexibility index (Phi) is 11.1. The van der Waals surface area contributed by atoms with E-state index in [1.807, 2.05) is 6.92 Å². The van der Waals surface area contributed by atoms with Gasteiger partial charge in [-0.05, 0) is 32.2 Å². The fraction of sp³-hybridized carbons (Fsp3) is 0.750. The van der Waals surface area contributed by atoms with Crippen molar-refractivity contribution in [3.8, 4) is 0 Å². The maximum atomic E-state index is 11.9. The molecule has 1 fully saturated rings. The van der Waals surface area contributed by atoms with Gasteiger partial charge in [-0.2, -0.15) is 13.2 Å². The van der Waals surface area contributed by atoms with Crippen molar-refractivity contribution < 1.29 is 47.7 Å². The number of carbonyl (C=O) groups excluding carboxylic acids is 1. The average Bonchev–Trinajstić information content (AvgIpc) is 3.11. The van der Waals surface area contributed by atoms with Crippen LogP contribution in [0.4, 0.5) is 13.2 Å². The molecule has 28 heavy (non-hydrogen) atoms. The number of unbranched alkanes of at least 4 members (excludes halogenated alkanes) is 1. The normalized spacial score (nSPS) is 18.4. The zero-order chi connectivity index (χ0) is 21.9. The van der Waals surface area contributed by atoms with E-state index in [1.165, 1.54) is 0 Å². The molecule has 5 N–H and O–H groups in total. The van der Waals surface area contributed by atoms with Gasteiger partial charge in [0.25, 0.3) is 0 Å². The second kappa shape index (κ2) is 12.2. The minimum Gasteiger partial charge on any atom is -0.481 e. The van der Waals surface area contributed by atoms with E-state index in [-0.39, 0.29) is 18.4 Å². The number of amides is 1. The van der Waals surface area contributed by atoms with E-state index >= 15 is 0 Å². The Morgan fingerprint density at radius 3 is 2.07 bits per heavy atom. The summed E-state index contributed by atoms with van der Waals surface area (Å²) in [5, 5.41) is 30.9. The predicted molar refractivity (Wildman–Crippen MR) is 89.5 cm³/mol. The number of aliphatic carboxylic acids is 3. The summed E-state index contributed by atoms with van der Waals surface area (Å²) >= 11 is 0. The minimum absolute atomic E-state index is 0.0802. The van der Waals surface area contributed by atoms with Crippen LogP contribution in [0.25, 0.3) is 0 Å². The molecule has 1 amide bonds. The van der Waals surface area contributed by atoms with Gasteiger partial charge >= 0.3 is 24.1 Å². The second-order valence-electron chi connectivity index (χ2n) is 6.26. The van der Waals surface area contributed by atoms with E-state index in [2.05, 4.69) is 10.6 Å². The fourth-order valence-electron chi connectivity index (χ4n) is 2.48. The Morgan fingerprint density at radius 1 is 1.14 bits per heavy atom. The van der Waals surface area contributed by atoms with Crippen LogP contribution in [-0.4, -0.2) is 63.9 Å². The van der Waals surface area contributed by atoms with E-state index in [1.54, 1.807) is 0 Å². The number of hydrogen-bond donors (Lipinski definition) is 5. The molecule has 1 rings (SSSR count). The Hall–Kier alpha value is -2.37. The molecule has 0 aromatic rings. The van der Waals surface area contributed by atoms with Gasteiger partial charge in [0.1, 0.15) is 6.04 Å². The van der Waals surface area contributed by atoms with Crippen LogP contribution in [0.15, 0.2) is 0 Å². The highest BCUT2D eigenvalue weighted by molar-refractivity contribution is 5.87. The van der Waals surface area contributed by atoms with E-state index in [0.29, 0.717) is 12.8 Å². The summed E-state index contributed by atoms with van der Waals surface area (Å²) in [6.07, 6.45) is -1.61. The molecule has 0 aromatic heterocycles. The summed E-state index contributed by atoms with van der Waals surface area (Å²) in [5.41, 5.74) is 0. The number of hydrogen-bond acceptors (Lipinski definition) is 5. The molecular weight excluding hydrogens is 389 g/mol. The van der Waals surface area contributed by atoms with Crippen molar-refractivity contribution in [2.75, 3.05) is 6.54 Å². The number of carboxylic acids is 3. The molecule has 1 saturated heterocycles. The lowest BCUT2D eigenvalue weighted by molar-refractivity contribution is -0.192. The van der Waals surface area contributed by atoms with Gasteiger partial charge in [0.15, 0.2) is 0 Å². The predicted octanol–water partition coefficient (Wildman–Crippen LogP) is 1.22. The van der Waals surface area contributed by atoms with Gasteiger partial charge < -0.3 is 26.0 Å². The van der Waals surface area contributed by atoms with Crippen LogP contribution < -0.4 is 10.6 Å².